The Morgan fingerprint density at radius 1 is 1.07 bits per heavy atom. The normalized spacial score (nSPS) is 11.4. The van der Waals surface area contributed by atoms with Gasteiger partial charge in [0.1, 0.15) is 17.3 Å². The number of alkyl halides is 3. The standard InChI is InChI=1S/C20H25F3N2O2/c1-3-14-11-17(26)12-15(4-2)19(14)27-10-6-5-9-24-18-8-7-16(13-25-18)20(21,22)23/h7-8,11-13,26H,3-6,9-10H2,1-2H3,(H,24,25). The number of halogens is 3. The van der Waals surface area contributed by atoms with E-state index in [9.17, 15) is 18.3 Å². The third-order valence-electron chi connectivity index (χ3n) is 4.20. The largest absolute Gasteiger partial charge is 0.508 e. The highest BCUT2D eigenvalue weighted by atomic mass is 19.4. The number of phenolic OH excluding ortho intramolecular Hbond substituents is 1. The molecule has 1 aromatic heterocycles. The fourth-order valence-corrected chi connectivity index (χ4v) is 2.73. The van der Waals surface area contributed by atoms with Gasteiger partial charge in [0.2, 0.25) is 0 Å². The summed E-state index contributed by atoms with van der Waals surface area (Å²) in [5.41, 5.74) is 1.21. The highest BCUT2D eigenvalue weighted by Crippen LogP contribution is 2.30. The molecule has 4 nitrogen and oxygen atoms in total. The van der Waals surface area contributed by atoms with Crippen LogP contribution >= 0.6 is 0 Å². The van der Waals surface area contributed by atoms with Crippen LogP contribution in [0, 0.1) is 0 Å². The number of hydrogen-bond donors (Lipinski definition) is 2. The molecule has 0 saturated carbocycles. The summed E-state index contributed by atoms with van der Waals surface area (Å²) in [5.74, 6) is 1.52. The number of ether oxygens (including phenoxy) is 1. The van der Waals surface area contributed by atoms with E-state index in [2.05, 4.69) is 10.3 Å². The lowest BCUT2D eigenvalue weighted by molar-refractivity contribution is -0.137. The summed E-state index contributed by atoms with van der Waals surface area (Å²) in [5, 5.41) is 12.8. The van der Waals surface area contributed by atoms with Gasteiger partial charge in [-0.1, -0.05) is 13.8 Å². The molecule has 0 unspecified atom stereocenters. The van der Waals surface area contributed by atoms with E-state index in [1.54, 1.807) is 12.1 Å². The van der Waals surface area contributed by atoms with E-state index in [1.807, 2.05) is 13.8 Å². The average molecular weight is 382 g/mol. The van der Waals surface area contributed by atoms with Crippen molar-refractivity contribution in [3.05, 3.63) is 47.2 Å². The summed E-state index contributed by atoms with van der Waals surface area (Å²) in [6.45, 7) is 5.16. The molecule has 0 aliphatic heterocycles. The predicted octanol–water partition coefficient (Wildman–Crippen LogP) is 5.20. The van der Waals surface area contributed by atoms with Crippen LogP contribution in [-0.4, -0.2) is 23.2 Å². The molecule has 1 heterocycles. The Kier molecular flexibility index (Phi) is 7.33. The molecule has 0 spiro atoms. The lowest BCUT2D eigenvalue weighted by Gasteiger charge is -2.15. The minimum Gasteiger partial charge on any atom is -0.508 e. The van der Waals surface area contributed by atoms with E-state index in [4.69, 9.17) is 4.74 Å². The number of aromatic nitrogens is 1. The first-order valence-corrected chi connectivity index (χ1v) is 9.09. The Bertz CT molecular complexity index is 706. The Morgan fingerprint density at radius 3 is 2.26 bits per heavy atom. The Balaban J connectivity index is 1.77. The number of pyridine rings is 1. The second kappa shape index (κ2) is 9.48. The first kappa shape index (κ1) is 20.9. The highest BCUT2D eigenvalue weighted by molar-refractivity contribution is 5.47. The number of benzene rings is 1. The molecule has 0 aliphatic carbocycles. The third kappa shape index (κ3) is 6.05. The first-order valence-electron chi connectivity index (χ1n) is 9.09. The van der Waals surface area contributed by atoms with E-state index in [-0.39, 0.29) is 5.75 Å². The van der Waals surface area contributed by atoms with Crippen molar-refractivity contribution in [3.8, 4) is 11.5 Å². The van der Waals surface area contributed by atoms with Crippen LogP contribution < -0.4 is 10.1 Å². The van der Waals surface area contributed by atoms with Crippen LogP contribution in [0.25, 0.3) is 0 Å². The van der Waals surface area contributed by atoms with Crippen molar-refractivity contribution in [3.63, 3.8) is 0 Å². The minimum atomic E-state index is -4.37. The zero-order valence-electron chi connectivity index (χ0n) is 15.6. The number of nitrogens with one attached hydrogen (secondary N) is 1. The maximum Gasteiger partial charge on any atom is 0.417 e. The van der Waals surface area contributed by atoms with E-state index in [0.29, 0.717) is 19.0 Å². The quantitative estimate of drug-likeness (QED) is 0.585. The van der Waals surface area contributed by atoms with E-state index >= 15 is 0 Å². The van der Waals surface area contributed by atoms with Crippen LogP contribution in [0.5, 0.6) is 11.5 Å². The van der Waals surface area contributed by atoms with Gasteiger partial charge in [-0.2, -0.15) is 13.2 Å². The van der Waals surface area contributed by atoms with Crippen molar-refractivity contribution in [2.75, 3.05) is 18.5 Å². The number of aromatic hydroxyl groups is 1. The number of anilines is 1. The maximum absolute atomic E-state index is 12.5. The molecule has 27 heavy (non-hydrogen) atoms. The summed E-state index contributed by atoms with van der Waals surface area (Å²) in [7, 11) is 0. The van der Waals surface area contributed by atoms with Crippen molar-refractivity contribution in [1.82, 2.24) is 4.98 Å². The van der Waals surface area contributed by atoms with Gasteiger partial charge in [-0.3, -0.25) is 0 Å². The van der Waals surface area contributed by atoms with Crippen molar-refractivity contribution in [2.24, 2.45) is 0 Å². The minimum absolute atomic E-state index is 0.254. The van der Waals surface area contributed by atoms with Crippen LogP contribution in [0.4, 0.5) is 19.0 Å². The third-order valence-corrected chi connectivity index (χ3v) is 4.20. The van der Waals surface area contributed by atoms with Crippen LogP contribution in [0.15, 0.2) is 30.5 Å². The Morgan fingerprint density at radius 2 is 1.74 bits per heavy atom. The fraction of sp³-hybridized carbons (Fsp3) is 0.450. The topological polar surface area (TPSA) is 54.4 Å². The van der Waals surface area contributed by atoms with Crippen molar-refractivity contribution < 1.29 is 23.0 Å². The zero-order valence-corrected chi connectivity index (χ0v) is 15.6. The van der Waals surface area contributed by atoms with Crippen LogP contribution in [0.3, 0.4) is 0 Å². The highest BCUT2D eigenvalue weighted by Gasteiger charge is 2.30. The van der Waals surface area contributed by atoms with Crippen molar-refractivity contribution >= 4 is 5.82 Å². The van der Waals surface area contributed by atoms with Gasteiger partial charge in [-0.15, -0.1) is 0 Å². The lowest BCUT2D eigenvalue weighted by atomic mass is 10.0. The number of nitrogens with zero attached hydrogens (tertiary/aromatic N) is 1. The number of unbranched alkanes of at least 4 members (excludes halogenated alkanes) is 1. The maximum atomic E-state index is 12.5. The second-order valence-electron chi connectivity index (χ2n) is 6.21. The number of hydrogen-bond acceptors (Lipinski definition) is 4. The van der Waals surface area contributed by atoms with Gasteiger partial charge in [-0.25, -0.2) is 4.98 Å². The van der Waals surface area contributed by atoms with Crippen LogP contribution in [-0.2, 0) is 19.0 Å². The first-order chi connectivity index (χ1) is 12.8. The molecule has 2 aromatic rings. The van der Waals surface area contributed by atoms with E-state index in [1.165, 1.54) is 6.07 Å². The summed E-state index contributed by atoms with van der Waals surface area (Å²) in [6.07, 6.45) is -0.402. The van der Waals surface area contributed by atoms with Gasteiger partial charge < -0.3 is 15.2 Å². The molecule has 148 valence electrons. The van der Waals surface area contributed by atoms with Gasteiger partial charge in [0, 0.05) is 12.7 Å². The van der Waals surface area contributed by atoms with Crippen LogP contribution in [0.1, 0.15) is 43.4 Å². The molecule has 2 N–H and O–H groups in total. The smallest absolute Gasteiger partial charge is 0.417 e. The molecular formula is C20H25F3N2O2. The Labute approximate surface area is 157 Å². The summed E-state index contributed by atoms with van der Waals surface area (Å²) in [6, 6.07) is 5.80. The van der Waals surface area contributed by atoms with Gasteiger partial charge >= 0.3 is 6.18 Å². The number of aryl methyl sites for hydroxylation is 2. The van der Waals surface area contributed by atoms with Gasteiger partial charge in [-0.05, 0) is 61.1 Å². The molecule has 0 atom stereocenters. The molecule has 0 aliphatic rings. The monoisotopic (exact) mass is 382 g/mol. The van der Waals surface area contributed by atoms with Crippen molar-refractivity contribution in [2.45, 2.75) is 45.7 Å². The van der Waals surface area contributed by atoms with Crippen molar-refractivity contribution in [1.29, 1.82) is 0 Å². The molecule has 0 bridgehead atoms. The second-order valence-corrected chi connectivity index (χ2v) is 6.21. The van der Waals surface area contributed by atoms with Gasteiger partial charge in [0.25, 0.3) is 0 Å². The molecule has 0 fully saturated rings. The molecule has 1 aromatic carbocycles. The molecule has 0 radical (unpaired) electrons. The Hall–Kier alpha value is -2.44. The summed E-state index contributed by atoms with van der Waals surface area (Å²) >= 11 is 0. The summed E-state index contributed by atoms with van der Waals surface area (Å²) < 4.78 is 43.4. The SMILES string of the molecule is CCc1cc(O)cc(CC)c1OCCCCNc1ccc(C(F)(F)F)cn1. The summed E-state index contributed by atoms with van der Waals surface area (Å²) in [4.78, 5) is 3.78. The molecule has 2 rings (SSSR count). The molecular weight excluding hydrogens is 357 g/mol. The lowest BCUT2D eigenvalue weighted by Crippen LogP contribution is -2.09. The van der Waals surface area contributed by atoms with E-state index < -0.39 is 11.7 Å². The number of phenols is 1. The van der Waals surface area contributed by atoms with Crippen LogP contribution in [0.2, 0.25) is 0 Å². The van der Waals surface area contributed by atoms with Gasteiger partial charge in [0.15, 0.2) is 0 Å². The van der Waals surface area contributed by atoms with Gasteiger partial charge in [0.05, 0.1) is 12.2 Å². The molecule has 7 heteroatoms. The zero-order chi connectivity index (χ0) is 19.9. The number of rotatable bonds is 9. The average Bonchev–Trinajstić information content (AvgIpc) is 2.64. The van der Waals surface area contributed by atoms with E-state index in [0.717, 1.165) is 54.8 Å². The molecule has 0 amide bonds. The molecule has 0 saturated heterocycles. The fourth-order valence-electron chi connectivity index (χ4n) is 2.73. The predicted molar refractivity (Wildman–Crippen MR) is 99.3 cm³/mol.